The summed E-state index contributed by atoms with van der Waals surface area (Å²) >= 11 is 0. The fourth-order valence-corrected chi connectivity index (χ4v) is 1.84. The number of ether oxygens (including phenoxy) is 1. The Hall–Kier alpha value is -2.57. The van der Waals surface area contributed by atoms with Crippen LogP contribution in [0.25, 0.3) is 0 Å². The molecule has 0 aliphatic carbocycles. The van der Waals surface area contributed by atoms with Crippen LogP contribution >= 0.6 is 0 Å². The highest BCUT2D eigenvalue weighted by molar-refractivity contribution is 5.87. The summed E-state index contributed by atoms with van der Waals surface area (Å²) in [5.41, 5.74) is 1.54. The maximum atomic E-state index is 11.9. The fourth-order valence-electron chi connectivity index (χ4n) is 1.84. The quantitative estimate of drug-likeness (QED) is 0.678. The molecule has 0 heterocycles. The van der Waals surface area contributed by atoms with E-state index in [1.807, 2.05) is 13.0 Å². The van der Waals surface area contributed by atoms with Gasteiger partial charge < -0.3 is 20.3 Å². The van der Waals surface area contributed by atoms with Crippen LogP contribution in [0.5, 0.6) is 5.75 Å². The Labute approximate surface area is 121 Å². The molecular weight excluding hydrogens is 278 g/mol. The monoisotopic (exact) mass is 295 g/mol. The van der Waals surface area contributed by atoms with Crippen LogP contribution in [-0.4, -0.2) is 41.2 Å². The second-order valence-corrected chi connectivity index (χ2v) is 4.55. The van der Waals surface area contributed by atoms with Crippen LogP contribution in [0.1, 0.15) is 17.5 Å². The van der Waals surface area contributed by atoms with Crippen molar-refractivity contribution in [1.82, 2.24) is 5.32 Å². The maximum absolute atomic E-state index is 11.9. The molecule has 1 rings (SSSR count). The number of benzene rings is 1. The zero-order chi connectivity index (χ0) is 16.0. The fraction of sp³-hybridized carbons (Fsp3) is 0.357. The van der Waals surface area contributed by atoms with Crippen molar-refractivity contribution in [3.63, 3.8) is 0 Å². The molecule has 21 heavy (non-hydrogen) atoms. The third-order valence-electron chi connectivity index (χ3n) is 2.80. The molecule has 7 heteroatoms. The minimum absolute atomic E-state index is 0.0890. The molecule has 3 N–H and O–H groups in total. The largest absolute Gasteiger partial charge is 0.496 e. The minimum atomic E-state index is -1.45. The first-order chi connectivity index (χ1) is 9.83. The van der Waals surface area contributed by atoms with Gasteiger partial charge in [-0.3, -0.25) is 9.59 Å². The lowest BCUT2D eigenvalue weighted by molar-refractivity contribution is -0.147. The summed E-state index contributed by atoms with van der Waals surface area (Å²) in [6.45, 7) is 1.85. The van der Waals surface area contributed by atoms with E-state index >= 15 is 0 Å². The molecule has 0 bridgehead atoms. The molecule has 114 valence electrons. The number of carbonyl (C=O) groups excluding carboxylic acids is 1. The van der Waals surface area contributed by atoms with Crippen LogP contribution < -0.4 is 10.1 Å². The predicted molar refractivity (Wildman–Crippen MR) is 73.3 cm³/mol. The van der Waals surface area contributed by atoms with E-state index in [4.69, 9.17) is 14.9 Å². The topological polar surface area (TPSA) is 113 Å². The minimum Gasteiger partial charge on any atom is -0.496 e. The van der Waals surface area contributed by atoms with Gasteiger partial charge in [0, 0.05) is 5.56 Å². The molecular formula is C14H17NO6. The van der Waals surface area contributed by atoms with E-state index in [1.54, 1.807) is 12.1 Å². The molecule has 0 fully saturated rings. The third-order valence-corrected chi connectivity index (χ3v) is 2.80. The van der Waals surface area contributed by atoms with Crippen molar-refractivity contribution in [1.29, 1.82) is 0 Å². The molecule has 1 aromatic rings. The smallest absolute Gasteiger partial charge is 0.326 e. The number of carboxylic acid groups (broad SMARTS) is 2. The van der Waals surface area contributed by atoms with Gasteiger partial charge in [0.05, 0.1) is 20.0 Å². The van der Waals surface area contributed by atoms with Gasteiger partial charge >= 0.3 is 11.9 Å². The highest BCUT2D eigenvalue weighted by Crippen LogP contribution is 2.20. The van der Waals surface area contributed by atoms with Crippen molar-refractivity contribution < 1.29 is 29.3 Å². The van der Waals surface area contributed by atoms with E-state index in [1.165, 1.54) is 7.11 Å². The van der Waals surface area contributed by atoms with Gasteiger partial charge in [0.15, 0.2) is 0 Å². The van der Waals surface area contributed by atoms with Gasteiger partial charge in [0.1, 0.15) is 11.8 Å². The molecule has 1 atom stereocenters. The van der Waals surface area contributed by atoms with Gasteiger partial charge in [-0.25, -0.2) is 4.79 Å². The van der Waals surface area contributed by atoms with Gasteiger partial charge in [-0.15, -0.1) is 0 Å². The van der Waals surface area contributed by atoms with Crippen molar-refractivity contribution in [3.05, 3.63) is 29.3 Å². The number of nitrogens with one attached hydrogen (secondary N) is 1. The average molecular weight is 295 g/mol. The summed E-state index contributed by atoms with van der Waals surface area (Å²) in [4.78, 5) is 33.3. The van der Waals surface area contributed by atoms with Gasteiger partial charge in [-0.1, -0.05) is 17.7 Å². The summed E-state index contributed by atoms with van der Waals surface area (Å²) in [7, 11) is 1.47. The Morgan fingerprint density at radius 1 is 1.29 bits per heavy atom. The Balaban J connectivity index is 2.78. The Kier molecular flexibility index (Phi) is 5.71. The van der Waals surface area contributed by atoms with Crippen LogP contribution in [0.3, 0.4) is 0 Å². The second kappa shape index (κ2) is 7.28. The summed E-state index contributed by atoms with van der Waals surface area (Å²) in [6, 6.07) is 3.84. The van der Waals surface area contributed by atoms with Crippen LogP contribution in [0.4, 0.5) is 0 Å². The number of aryl methyl sites for hydroxylation is 1. The lowest BCUT2D eigenvalue weighted by atomic mass is 10.1. The molecule has 0 aliphatic heterocycles. The van der Waals surface area contributed by atoms with Gasteiger partial charge in [0.25, 0.3) is 0 Å². The number of hydrogen-bond donors (Lipinski definition) is 3. The maximum Gasteiger partial charge on any atom is 0.326 e. The van der Waals surface area contributed by atoms with E-state index in [0.717, 1.165) is 5.56 Å². The standard InChI is InChI=1S/C14H17NO6/c1-8-3-4-11(21-2)9(5-8)6-12(16)15-10(14(19)20)7-13(17)18/h3-5,10H,6-7H2,1-2H3,(H,15,16)(H,17,18)(H,19,20). The van der Waals surface area contributed by atoms with Gasteiger partial charge in [0.2, 0.25) is 5.91 Å². The SMILES string of the molecule is COc1ccc(C)cc1CC(=O)NC(CC(=O)O)C(=O)O. The van der Waals surface area contributed by atoms with Crippen molar-refractivity contribution in [2.45, 2.75) is 25.8 Å². The van der Waals surface area contributed by atoms with Crippen molar-refractivity contribution >= 4 is 17.8 Å². The average Bonchev–Trinajstić information content (AvgIpc) is 2.37. The van der Waals surface area contributed by atoms with E-state index in [0.29, 0.717) is 11.3 Å². The highest BCUT2D eigenvalue weighted by atomic mass is 16.5. The molecule has 0 saturated heterocycles. The normalized spacial score (nSPS) is 11.5. The van der Waals surface area contributed by atoms with Crippen LogP contribution in [-0.2, 0) is 20.8 Å². The Morgan fingerprint density at radius 2 is 1.95 bits per heavy atom. The number of carboxylic acids is 2. The number of methoxy groups -OCH3 is 1. The van der Waals surface area contributed by atoms with Crippen LogP contribution in [0, 0.1) is 6.92 Å². The van der Waals surface area contributed by atoms with Crippen molar-refractivity contribution in [2.75, 3.05) is 7.11 Å². The molecule has 1 unspecified atom stereocenters. The van der Waals surface area contributed by atoms with Crippen LogP contribution in [0.2, 0.25) is 0 Å². The second-order valence-electron chi connectivity index (χ2n) is 4.55. The number of rotatable bonds is 7. The molecule has 0 radical (unpaired) electrons. The van der Waals surface area contributed by atoms with Gasteiger partial charge in [-0.2, -0.15) is 0 Å². The first-order valence-corrected chi connectivity index (χ1v) is 6.21. The van der Waals surface area contributed by atoms with E-state index in [2.05, 4.69) is 5.32 Å². The molecule has 0 aromatic heterocycles. The summed E-state index contributed by atoms with van der Waals surface area (Å²) in [5.74, 6) is -2.74. The zero-order valence-electron chi connectivity index (χ0n) is 11.8. The summed E-state index contributed by atoms with van der Waals surface area (Å²) < 4.78 is 5.13. The molecule has 7 nitrogen and oxygen atoms in total. The molecule has 1 amide bonds. The molecule has 0 saturated carbocycles. The predicted octanol–water partition coefficient (Wildman–Crippen LogP) is 0.590. The number of amides is 1. The molecule has 1 aromatic carbocycles. The molecule has 0 aliphatic rings. The Bertz CT molecular complexity index is 554. The first-order valence-electron chi connectivity index (χ1n) is 6.21. The van der Waals surface area contributed by atoms with E-state index in [-0.39, 0.29) is 6.42 Å². The van der Waals surface area contributed by atoms with Crippen LogP contribution in [0.15, 0.2) is 18.2 Å². The highest BCUT2D eigenvalue weighted by Gasteiger charge is 2.23. The number of carbonyl (C=O) groups is 3. The lowest BCUT2D eigenvalue weighted by Gasteiger charge is -2.14. The van der Waals surface area contributed by atoms with Gasteiger partial charge in [-0.05, 0) is 13.0 Å². The third kappa shape index (κ3) is 5.13. The zero-order valence-corrected chi connectivity index (χ0v) is 11.8. The number of aliphatic carboxylic acids is 2. The molecule has 0 spiro atoms. The lowest BCUT2D eigenvalue weighted by Crippen LogP contribution is -2.42. The van der Waals surface area contributed by atoms with E-state index < -0.39 is 30.3 Å². The summed E-state index contributed by atoms with van der Waals surface area (Å²) in [5, 5.41) is 19.7. The summed E-state index contributed by atoms with van der Waals surface area (Å²) in [6.07, 6.45) is -0.764. The van der Waals surface area contributed by atoms with E-state index in [9.17, 15) is 14.4 Å². The van der Waals surface area contributed by atoms with Crippen molar-refractivity contribution in [2.24, 2.45) is 0 Å². The number of hydrogen-bond acceptors (Lipinski definition) is 4. The van der Waals surface area contributed by atoms with Crippen molar-refractivity contribution in [3.8, 4) is 5.75 Å². The Morgan fingerprint density at radius 3 is 2.48 bits per heavy atom. The first kappa shape index (κ1) is 16.5.